The lowest BCUT2D eigenvalue weighted by molar-refractivity contribution is -0.665. The Morgan fingerprint density at radius 3 is 2.73 bits per heavy atom. The molecule has 1 N–H and O–H groups in total. The zero-order valence-electron chi connectivity index (χ0n) is 17.7. The van der Waals surface area contributed by atoms with Crippen LogP contribution in [0.15, 0.2) is 77.7 Å². The fourth-order valence-electron chi connectivity index (χ4n) is 4.53. The summed E-state index contributed by atoms with van der Waals surface area (Å²) in [7, 11) is 0. The van der Waals surface area contributed by atoms with Gasteiger partial charge in [-0.05, 0) is 68.5 Å². The fraction of sp³-hybridized carbons (Fsp3) is 0.269. The van der Waals surface area contributed by atoms with Gasteiger partial charge in [-0.25, -0.2) is 0 Å². The van der Waals surface area contributed by atoms with Gasteiger partial charge in [-0.3, -0.25) is 0 Å². The molecular weight excluding hydrogens is 386 g/mol. The third-order valence-electron chi connectivity index (χ3n) is 5.95. The number of thiazole rings is 1. The van der Waals surface area contributed by atoms with Crippen molar-refractivity contribution in [3.05, 3.63) is 82.7 Å². The van der Waals surface area contributed by atoms with Gasteiger partial charge in [0, 0.05) is 18.7 Å². The number of benzene rings is 2. The van der Waals surface area contributed by atoms with E-state index in [1.54, 1.807) is 0 Å². The molecule has 2 heterocycles. The lowest BCUT2D eigenvalue weighted by Gasteiger charge is -2.19. The Morgan fingerprint density at radius 2 is 1.87 bits per heavy atom. The number of rotatable bonds is 4. The number of allylic oxidation sites excluding steroid dienone is 4. The van der Waals surface area contributed by atoms with E-state index in [4.69, 9.17) is 0 Å². The highest BCUT2D eigenvalue weighted by Gasteiger charge is 2.23. The summed E-state index contributed by atoms with van der Waals surface area (Å²) in [6.45, 7) is 6.40. The highest BCUT2D eigenvalue weighted by Crippen LogP contribution is 2.37. The minimum Gasteiger partial charge on any atom is -0.340 e. The number of aryl methyl sites for hydroxylation is 1. The van der Waals surface area contributed by atoms with E-state index in [0.29, 0.717) is 0 Å². The van der Waals surface area contributed by atoms with Gasteiger partial charge < -0.3 is 10.2 Å². The molecule has 1 aliphatic carbocycles. The third kappa shape index (κ3) is 3.46. The summed E-state index contributed by atoms with van der Waals surface area (Å²) >= 11 is 1.89. The summed E-state index contributed by atoms with van der Waals surface area (Å²) < 4.78 is 3.79. The van der Waals surface area contributed by atoms with Gasteiger partial charge in [0.15, 0.2) is 0 Å². The van der Waals surface area contributed by atoms with Gasteiger partial charge in [0.1, 0.15) is 17.1 Å². The van der Waals surface area contributed by atoms with E-state index < -0.39 is 0 Å². The molecule has 0 spiro atoms. The largest absolute Gasteiger partial charge is 0.340 e. The first-order valence-electron chi connectivity index (χ1n) is 10.9. The Morgan fingerprint density at radius 1 is 1.03 bits per heavy atom. The lowest BCUT2D eigenvalue weighted by atomic mass is 9.94. The number of anilines is 2. The summed E-state index contributed by atoms with van der Waals surface area (Å²) in [6, 6.07) is 17.3. The van der Waals surface area contributed by atoms with Gasteiger partial charge in [0.05, 0.1) is 11.4 Å². The lowest BCUT2D eigenvalue weighted by Crippen LogP contribution is -2.33. The number of hydrogen-bond donors (Lipinski definition) is 1. The van der Waals surface area contributed by atoms with Gasteiger partial charge >= 0.3 is 0 Å². The molecule has 1 aromatic heterocycles. The van der Waals surface area contributed by atoms with E-state index in [-0.39, 0.29) is 0 Å². The average Bonchev–Trinajstić information content (AvgIpc) is 3.30. The highest BCUT2D eigenvalue weighted by molar-refractivity contribution is 7.18. The number of nitrogens with one attached hydrogen (secondary N) is 1. The number of para-hydroxylation sites is 3. The van der Waals surface area contributed by atoms with Crippen LogP contribution in [-0.2, 0) is 6.54 Å². The topological polar surface area (TPSA) is 19.1 Å². The molecule has 3 aromatic rings. The van der Waals surface area contributed by atoms with Gasteiger partial charge in [-0.2, -0.15) is 4.57 Å². The predicted octanol–water partition coefficient (Wildman–Crippen LogP) is 6.50. The van der Waals surface area contributed by atoms with Crippen molar-refractivity contribution in [3.8, 4) is 0 Å². The molecule has 2 aromatic carbocycles. The van der Waals surface area contributed by atoms with E-state index >= 15 is 0 Å². The minimum absolute atomic E-state index is 0.962. The molecule has 0 radical (unpaired) electrons. The standard InChI is InChI=1S/C26H27N3S/c1-3-28-22-13-6-5-12-21(22)27-25(28)17-19-10-9-11-20(16-19)18-26-29(4-2)23-14-7-8-15-24(23)30-26/h5-8,12-18H,3-4,9-11H2,1-2H3/p+1. The first kappa shape index (κ1) is 19.1. The summed E-state index contributed by atoms with van der Waals surface area (Å²) in [4.78, 5) is 2.37. The smallest absolute Gasteiger partial charge is 0.263 e. The van der Waals surface area contributed by atoms with E-state index in [1.807, 2.05) is 11.3 Å². The van der Waals surface area contributed by atoms with Crippen molar-refractivity contribution in [3.63, 3.8) is 0 Å². The van der Waals surface area contributed by atoms with Crippen molar-refractivity contribution >= 4 is 39.0 Å². The van der Waals surface area contributed by atoms with Gasteiger partial charge in [0.25, 0.3) is 5.01 Å². The molecular formula is C26H28N3S+. The van der Waals surface area contributed by atoms with Crippen molar-refractivity contribution in [1.82, 2.24) is 0 Å². The van der Waals surface area contributed by atoms with Crippen LogP contribution in [0.1, 0.15) is 38.1 Å². The van der Waals surface area contributed by atoms with Crippen LogP contribution < -0.4 is 14.8 Å². The average molecular weight is 415 g/mol. The van der Waals surface area contributed by atoms with E-state index in [9.17, 15) is 0 Å². The molecule has 0 saturated heterocycles. The number of hydrogen-bond acceptors (Lipinski definition) is 3. The van der Waals surface area contributed by atoms with Gasteiger partial charge in [-0.15, -0.1) is 0 Å². The molecule has 2 aliphatic rings. The first-order valence-corrected chi connectivity index (χ1v) is 11.8. The van der Waals surface area contributed by atoms with Crippen LogP contribution in [0.2, 0.25) is 0 Å². The Hall–Kier alpha value is -2.85. The zero-order valence-corrected chi connectivity index (χ0v) is 18.5. The molecule has 4 heteroatoms. The molecule has 0 fully saturated rings. The second kappa shape index (κ2) is 8.11. The van der Waals surface area contributed by atoms with Crippen LogP contribution in [0.5, 0.6) is 0 Å². The van der Waals surface area contributed by atoms with Crippen LogP contribution in [0.25, 0.3) is 16.3 Å². The van der Waals surface area contributed by atoms with Crippen molar-refractivity contribution < 1.29 is 4.57 Å². The molecule has 0 atom stereocenters. The maximum Gasteiger partial charge on any atom is 0.263 e. The molecule has 1 aliphatic heterocycles. The monoisotopic (exact) mass is 414 g/mol. The number of nitrogens with zero attached hydrogens (tertiary/aromatic N) is 2. The zero-order chi connectivity index (χ0) is 20.5. The summed E-state index contributed by atoms with van der Waals surface area (Å²) in [5.74, 6) is 1.19. The van der Waals surface area contributed by atoms with E-state index in [0.717, 1.165) is 25.9 Å². The SMILES string of the molecule is CCN1/C(=C/C2=CC(=C/c3sc4ccccc4[n+]3CC)/CCC2)Nc2ccccc21. The highest BCUT2D eigenvalue weighted by atomic mass is 32.1. The number of aromatic nitrogens is 1. The predicted molar refractivity (Wildman–Crippen MR) is 129 cm³/mol. The van der Waals surface area contributed by atoms with E-state index in [2.05, 4.69) is 95.4 Å². The first-order chi connectivity index (χ1) is 14.8. The van der Waals surface area contributed by atoms with Gasteiger partial charge in [-0.1, -0.05) is 41.7 Å². The van der Waals surface area contributed by atoms with Crippen molar-refractivity contribution in [2.75, 3.05) is 16.8 Å². The minimum atomic E-state index is 0.962. The maximum atomic E-state index is 3.61. The van der Waals surface area contributed by atoms with Gasteiger partial charge in [0.2, 0.25) is 5.52 Å². The fourth-order valence-corrected chi connectivity index (χ4v) is 5.73. The Balaban J connectivity index is 1.48. The van der Waals surface area contributed by atoms with Crippen LogP contribution in [0, 0.1) is 0 Å². The summed E-state index contributed by atoms with van der Waals surface area (Å²) in [5, 5.41) is 4.96. The van der Waals surface area contributed by atoms with Crippen molar-refractivity contribution in [2.45, 2.75) is 39.7 Å². The molecule has 5 rings (SSSR count). The molecule has 3 nitrogen and oxygen atoms in total. The molecule has 0 amide bonds. The van der Waals surface area contributed by atoms with Crippen LogP contribution in [0.3, 0.4) is 0 Å². The molecule has 0 bridgehead atoms. The Bertz CT molecular complexity index is 1180. The second-order valence-corrected chi connectivity index (χ2v) is 8.92. The van der Waals surface area contributed by atoms with Crippen molar-refractivity contribution in [2.24, 2.45) is 0 Å². The molecule has 0 saturated carbocycles. The van der Waals surface area contributed by atoms with E-state index in [1.165, 1.54) is 50.0 Å². The molecule has 0 unspecified atom stereocenters. The number of fused-ring (bicyclic) bond motifs is 2. The normalized spacial score (nSPS) is 18.7. The van der Waals surface area contributed by atoms with Crippen LogP contribution in [-0.4, -0.2) is 6.54 Å². The Labute approximate surface area is 182 Å². The van der Waals surface area contributed by atoms with Crippen LogP contribution >= 0.6 is 11.3 Å². The second-order valence-electron chi connectivity index (χ2n) is 7.86. The third-order valence-corrected chi connectivity index (χ3v) is 7.06. The summed E-state index contributed by atoms with van der Waals surface area (Å²) in [5.41, 5.74) is 6.65. The van der Waals surface area contributed by atoms with Crippen LogP contribution in [0.4, 0.5) is 11.4 Å². The Kier molecular flexibility index (Phi) is 5.17. The van der Waals surface area contributed by atoms with Crippen molar-refractivity contribution in [1.29, 1.82) is 0 Å². The maximum absolute atomic E-state index is 3.61. The quantitative estimate of drug-likeness (QED) is 0.492. The summed E-state index contributed by atoms with van der Waals surface area (Å²) in [6.07, 6.45) is 10.6. The molecule has 30 heavy (non-hydrogen) atoms. The molecule has 152 valence electrons.